The zero-order chi connectivity index (χ0) is 24.6. The molecular formula is C19H15F7N2O4S. The van der Waals surface area contributed by atoms with Gasteiger partial charge in [-0.15, -0.1) is 0 Å². The summed E-state index contributed by atoms with van der Waals surface area (Å²) in [7, 11) is -5.67. The van der Waals surface area contributed by atoms with Gasteiger partial charge in [0.15, 0.2) is 0 Å². The van der Waals surface area contributed by atoms with Crippen LogP contribution in [0.2, 0.25) is 0 Å². The van der Waals surface area contributed by atoms with Gasteiger partial charge >= 0.3 is 21.7 Å². The molecule has 0 aliphatic carbocycles. The van der Waals surface area contributed by atoms with Crippen molar-refractivity contribution in [1.82, 2.24) is 9.62 Å². The Morgan fingerprint density at radius 3 is 2.24 bits per heavy atom. The van der Waals surface area contributed by atoms with Gasteiger partial charge in [-0.2, -0.15) is 31.1 Å². The molecule has 1 N–H and O–H groups in total. The third-order valence-corrected chi connectivity index (χ3v) is 5.88. The highest BCUT2D eigenvalue weighted by Gasteiger charge is 2.46. The van der Waals surface area contributed by atoms with Crippen molar-refractivity contribution in [1.29, 1.82) is 0 Å². The van der Waals surface area contributed by atoms with Crippen molar-refractivity contribution < 1.29 is 48.7 Å². The lowest BCUT2D eigenvalue weighted by Crippen LogP contribution is -2.45. The fraction of sp³-hybridized carbons (Fsp3) is 0.316. The highest BCUT2D eigenvalue weighted by molar-refractivity contribution is 7.90. The van der Waals surface area contributed by atoms with Crippen LogP contribution in [-0.4, -0.2) is 37.8 Å². The number of rotatable bonds is 5. The first-order valence-electron chi connectivity index (χ1n) is 9.17. The average Bonchev–Trinajstić information content (AvgIpc) is 2.69. The number of halogens is 7. The molecule has 0 saturated heterocycles. The lowest BCUT2D eigenvalue weighted by atomic mass is 9.99. The fourth-order valence-electron chi connectivity index (χ4n) is 3.09. The van der Waals surface area contributed by atoms with E-state index in [1.54, 1.807) is 6.07 Å². The molecule has 0 fully saturated rings. The van der Waals surface area contributed by atoms with E-state index in [0.717, 1.165) is 16.5 Å². The zero-order valence-electron chi connectivity index (χ0n) is 16.4. The topological polar surface area (TPSA) is 75.7 Å². The number of fused-ring (bicyclic) bond motifs is 1. The highest BCUT2D eigenvalue weighted by Crippen LogP contribution is 2.34. The van der Waals surface area contributed by atoms with Gasteiger partial charge in [0.25, 0.3) is 0 Å². The Morgan fingerprint density at radius 1 is 1.00 bits per heavy atom. The summed E-state index contributed by atoms with van der Waals surface area (Å²) in [5, 5.41) is 0. The van der Waals surface area contributed by atoms with E-state index in [1.165, 1.54) is 16.9 Å². The Balaban J connectivity index is 1.69. The van der Waals surface area contributed by atoms with E-state index >= 15 is 0 Å². The second-order valence-corrected chi connectivity index (χ2v) is 8.77. The molecular weight excluding hydrogens is 485 g/mol. The quantitative estimate of drug-likeness (QED) is 0.631. The van der Waals surface area contributed by atoms with Crippen LogP contribution in [0.1, 0.15) is 16.7 Å². The minimum Gasteiger partial charge on any atom is -0.457 e. The van der Waals surface area contributed by atoms with Crippen LogP contribution in [0.25, 0.3) is 0 Å². The molecule has 2 aromatic carbocycles. The van der Waals surface area contributed by atoms with Crippen molar-refractivity contribution in [2.75, 3.05) is 13.1 Å². The molecule has 0 radical (unpaired) electrons. The molecule has 1 amide bonds. The molecule has 1 aliphatic rings. The SMILES string of the molecule is O=C(CNS(=O)(=O)C(F)(F)F)N1CCc2ccc(Oc3ccc(C(F)(F)F)c(F)c3)cc2C1. The van der Waals surface area contributed by atoms with Crippen LogP contribution in [0.5, 0.6) is 11.5 Å². The van der Waals surface area contributed by atoms with Crippen LogP contribution < -0.4 is 9.46 Å². The third-order valence-electron chi connectivity index (χ3n) is 4.74. The summed E-state index contributed by atoms with van der Waals surface area (Å²) in [6.45, 7) is -1.03. The Kier molecular flexibility index (Phi) is 6.62. The van der Waals surface area contributed by atoms with Gasteiger partial charge in [0.2, 0.25) is 5.91 Å². The predicted molar refractivity (Wildman–Crippen MR) is 100 cm³/mol. The lowest BCUT2D eigenvalue weighted by Gasteiger charge is -2.29. The number of ether oxygens (including phenoxy) is 1. The number of sulfonamides is 1. The molecule has 0 aromatic heterocycles. The highest BCUT2D eigenvalue weighted by atomic mass is 32.2. The first-order valence-corrected chi connectivity index (χ1v) is 10.7. The van der Waals surface area contributed by atoms with Crippen LogP contribution in [-0.2, 0) is 34.0 Å². The van der Waals surface area contributed by atoms with E-state index in [4.69, 9.17) is 4.74 Å². The molecule has 3 rings (SSSR count). The van der Waals surface area contributed by atoms with Crippen LogP contribution in [0.4, 0.5) is 30.7 Å². The van der Waals surface area contributed by atoms with Gasteiger partial charge in [0.1, 0.15) is 17.3 Å². The van der Waals surface area contributed by atoms with E-state index in [2.05, 4.69) is 0 Å². The fourth-order valence-corrected chi connectivity index (χ4v) is 3.56. The Bertz CT molecular complexity index is 1160. The van der Waals surface area contributed by atoms with E-state index in [0.29, 0.717) is 24.1 Å². The molecule has 0 bridgehead atoms. The molecule has 2 aromatic rings. The summed E-state index contributed by atoms with van der Waals surface area (Å²) in [5.41, 5.74) is -5.69. The van der Waals surface area contributed by atoms with Crippen molar-refractivity contribution in [3.63, 3.8) is 0 Å². The van der Waals surface area contributed by atoms with Crippen molar-refractivity contribution in [3.8, 4) is 11.5 Å². The molecule has 180 valence electrons. The second-order valence-electron chi connectivity index (χ2n) is 7.01. The predicted octanol–water partition coefficient (Wildman–Crippen LogP) is 3.96. The number of benzene rings is 2. The Labute approximate surface area is 183 Å². The summed E-state index contributed by atoms with van der Waals surface area (Å²) in [5.74, 6) is -2.48. The minimum absolute atomic E-state index is 0.0690. The summed E-state index contributed by atoms with van der Waals surface area (Å²) >= 11 is 0. The minimum atomic E-state index is -5.67. The summed E-state index contributed by atoms with van der Waals surface area (Å²) < 4.78 is 118. The van der Waals surface area contributed by atoms with Gasteiger partial charge in [0.05, 0.1) is 12.1 Å². The molecule has 1 heterocycles. The molecule has 33 heavy (non-hydrogen) atoms. The van der Waals surface area contributed by atoms with Crippen LogP contribution in [0, 0.1) is 5.82 Å². The molecule has 0 atom stereocenters. The molecule has 14 heteroatoms. The third kappa shape index (κ3) is 5.74. The van der Waals surface area contributed by atoms with E-state index in [1.807, 2.05) is 0 Å². The number of carbonyl (C=O) groups is 1. The maximum Gasteiger partial charge on any atom is 0.511 e. The number of carbonyl (C=O) groups excluding carboxylic acids is 1. The zero-order valence-corrected chi connectivity index (χ0v) is 17.2. The van der Waals surface area contributed by atoms with Gasteiger partial charge < -0.3 is 9.64 Å². The molecule has 6 nitrogen and oxygen atoms in total. The first kappa shape index (κ1) is 24.8. The monoisotopic (exact) mass is 500 g/mol. The van der Waals surface area contributed by atoms with Crippen molar-refractivity contribution in [3.05, 3.63) is 58.9 Å². The van der Waals surface area contributed by atoms with Crippen molar-refractivity contribution >= 4 is 15.9 Å². The largest absolute Gasteiger partial charge is 0.511 e. The lowest BCUT2D eigenvalue weighted by molar-refractivity contribution is -0.140. The maximum absolute atomic E-state index is 13.7. The molecule has 0 saturated carbocycles. The van der Waals surface area contributed by atoms with Gasteiger partial charge in [-0.25, -0.2) is 12.8 Å². The first-order chi connectivity index (χ1) is 15.2. The van der Waals surface area contributed by atoms with Gasteiger partial charge in [0, 0.05) is 19.2 Å². The van der Waals surface area contributed by atoms with Crippen LogP contribution in [0.15, 0.2) is 36.4 Å². The van der Waals surface area contributed by atoms with Crippen molar-refractivity contribution in [2.45, 2.75) is 24.7 Å². The number of hydrogen-bond acceptors (Lipinski definition) is 4. The van der Waals surface area contributed by atoms with Gasteiger partial charge in [-0.3, -0.25) is 4.79 Å². The molecule has 1 aliphatic heterocycles. The average molecular weight is 500 g/mol. The summed E-state index contributed by atoms with van der Waals surface area (Å²) in [6, 6.07) is 6.61. The van der Waals surface area contributed by atoms with E-state index in [-0.39, 0.29) is 24.6 Å². The summed E-state index contributed by atoms with van der Waals surface area (Å²) in [4.78, 5) is 13.3. The van der Waals surface area contributed by atoms with Crippen LogP contribution >= 0.6 is 0 Å². The normalized spacial score (nSPS) is 14.7. The summed E-state index contributed by atoms with van der Waals surface area (Å²) in [6.07, 6.45) is -4.54. The van der Waals surface area contributed by atoms with E-state index in [9.17, 15) is 43.9 Å². The van der Waals surface area contributed by atoms with Gasteiger partial charge in [-0.05, 0) is 41.8 Å². The Morgan fingerprint density at radius 2 is 1.64 bits per heavy atom. The Hall–Kier alpha value is -2.87. The maximum atomic E-state index is 13.7. The standard InChI is InChI=1S/C19H15F7N2O4S/c20-16-8-14(3-4-15(16)18(21,22)23)32-13-2-1-11-5-6-28(10-12(11)7-13)17(29)9-27-33(30,31)19(24,25)26/h1-4,7-8,27H,5-6,9-10H2. The van der Waals surface area contributed by atoms with E-state index < -0.39 is 45.5 Å². The van der Waals surface area contributed by atoms with Crippen LogP contribution in [0.3, 0.4) is 0 Å². The smallest absolute Gasteiger partial charge is 0.457 e. The number of alkyl halides is 6. The number of nitrogens with zero attached hydrogens (tertiary/aromatic N) is 1. The number of amides is 1. The number of nitrogens with one attached hydrogen (secondary N) is 1. The second kappa shape index (κ2) is 8.82. The van der Waals surface area contributed by atoms with Gasteiger partial charge in [-0.1, -0.05) is 6.07 Å². The number of hydrogen-bond donors (Lipinski definition) is 1. The molecule has 0 unspecified atom stereocenters. The van der Waals surface area contributed by atoms with Crippen molar-refractivity contribution in [2.24, 2.45) is 0 Å². The molecule has 0 spiro atoms.